The number of aromatic nitrogens is 1. The Kier molecular flexibility index (Phi) is 2.38. The van der Waals surface area contributed by atoms with Crippen LogP contribution in [0.1, 0.15) is 30.4 Å². The number of rotatable bonds is 1. The molecule has 0 saturated carbocycles. The van der Waals surface area contributed by atoms with Gasteiger partial charge in [0, 0.05) is 6.04 Å². The summed E-state index contributed by atoms with van der Waals surface area (Å²) in [7, 11) is -0.968. The second kappa shape index (κ2) is 3.94. The molecule has 1 aliphatic rings. The first-order valence-corrected chi connectivity index (χ1v) is 5.62. The van der Waals surface area contributed by atoms with Crippen LogP contribution < -0.4 is 5.59 Å². The molecule has 1 saturated heterocycles. The van der Waals surface area contributed by atoms with E-state index in [-0.39, 0.29) is 10.7 Å². The topological polar surface area (TPSA) is 31.4 Å². The van der Waals surface area contributed by atoms with Crippen molar-refractivity contribution in [1.29, 1.82) is 0 Å². The Morgan fingerprint density at radius 3 is 2.35 bits per heavy atom. The standard InChI is InChI=1S/C11H14BClFNO2/c1-10(2)11(3,4)17-12(16-10)8-5-7(14)6-9(13)15-8/h5-6H,1-4H3/i5D,6D. The van der Waals surface area contributed by atoms with Gasteiger partial charge in [-0.3, -0.25) is 0 Å². The largest absolute Gasteiger partial charge is 0.514 e. The maximum atomic E-state index is 13.7. The Balaban J connectivity index is 2.46. The molecule has 0 N–H and O–H groups in total. The zero-order chi connectivity index (χ0) is 14.6. The van der Waals surface area contributed by atoms with Gasteiger partial charge in [-0.2, -0.15) is 0 Å². The van der Waals surface area contributed by atoms with Gasteiger partial charge >= 0.3 is 7.12 Å². The summed E-state index contributed by atoms with van der Waals surface area (Å²) in [4.78, 5) is 3.85. The molecule has 0 radical (unpaired) electrons. The zero-order valence-electron chi connectivity index (χ0n) is 12.1. The first kappa shape index (κ1) is 10.3. The molecule has 1 aromatic rings. The van der Waals surface area contributed by atoms with Gasteiger partial charge in [-0.15, -0.1) is 0 Å². The van der Waals surface area contributed by atoms with Gasteiger partial charge in [-0.05, 0) is 33.7 Å². The van der Waals surface area contributed by atoms with Gasteiger partial charge < -0.3 is 9.31 Å². The summed E-state index contributed by atoms with van der Waals surface area (Å²) in [5.41, 5.74) is -1.28. The Hall–Kier alpha value is -0.645. The van der Waals surface area contributed by atoms with Gasteiger partial charge in [-0.25, -0.2) is 9.37 Å². The summed E-state index contributed by atoms with van der Waals surface area (Å²) in [6.45, 7) is 7.36. The molecule has 2 rings (SSSR count). The number of hydrogen-bond acceptors (Lipinski definition) is 3. The number of pyridine rings is 1. The monoisotopic (exact) mass is 259 g/mol. The summed E-state index contributed by atoms with van der Waals surface area (Å²) in [5, 5.41) is -0.307. The molecule has 92 valence electrons. The van der Waals surface area contributed by atoms with Gasteiger partial charge in [0.25, 0.3) is 0 Å². The normalized spacial score (nSPS) is 23.5. The number of hydrogen-bond donors (Lipinski definition) is 0. The van der Waals surface area contributed by atoms with Gasteiger partial charge in [0.15, 0.2) is 0 Å². The Labute approximate surface area is 108 Å². The zero-order valence-corrected chi connectivity index (χ0v) is 10.9. The summed E-state index contributed by atoms with van der Waals surface area (Å²) in [6.07, 6.45) is 0. The van der Waals surface area contributed by atoms with Crippen LogP contribution in [0.3, 0.4) is 0 Å². The first-order chi connectivity index (χ1) is 8.57. The van der Waals surface area contributed by atoms with Gasteiger partial charge in [0.1, 0.15) is 11.0 Å². The van der Waals surface area contributed by atoms with Crippen LogP contribution in [0.2, 0.25) is 5.15 Å². The first-order valence-electron chi connectivity index (χ1n) is 6.24. The second-order valence-electron chi connectivity index (χ2n) is 4.94. The average Bonchev–Trinajstić information content (AvgIpc) is 2.50. The molecular formula is C11H14BClFNO2. The lowest BCUT2D eigenvalue weighted by Gasteiger charge is -2.32. The summed E-state index contributed by atoms with van der Waals surface area (Å²) in [5.74, 6) is -1.02. The molecule has 3 nitrogen and oxygen atoms in total. The lowest BCUT2D eigenvalue weighted by atomic mass is 9.84. The average molecular weight is 260 g/mol. The van der Waals surface area contributed by atoms with Crippen LogP contribution in [0.25, 0.3) is 0 Å². The fraction of sp³-hybridized carbons (Fsp3) is 0.545. The van der Waals surface area contributed by atoms with Crippen molar-refractivity contribution in [3.8, 4) is 0 Å². The van der Waals surface area contributed by atoms with Crippen molar-refractivity contribution in [1.82, 2.24) is 4.98 Å². The lowest BCUT2D eigenvalue weighted by Crippen LogP contribution is -2.41. The highest BCUT2D eigenvalue weighted by Crippen LogP contribution is 2.36. The van der Waals surface area contributed by atoms with Gasteiger partial charge in [0.05, 0.1) is 19.5 Å². The predicted molar refractivity (Wildman–Crippen MR) is 64.9 cm³/mol. The van der Waals surface area contributed by atoms with E-state index in [1.54, 1.807) is 0 Å². The van der Waals surface area contributed by atoms with Crippen LogP contribution in [-0.4, -0.2) is 23.3 Å². The molecule has 0 unspecified atom stereocenters. The third-order valence-corrected chi connectivity index (χ3v) is 3.32. The molecule has 2 heterocycles. The summed E-state index contributed by atoms with van der Waals surface area (Å²) >= 11 is 5.68. The molecule has 1 fully saturated rings. The third kappa shape index (κ3) is 2.32. The van der Waals surface area contributed by atoms with E-state index in [2.05, 4.69) is 4.98 Å². The van der Waals surface area contributed by atoms with Crippen molar-refractivity contribution >= 4 is 24.3 Å². The second-order valence-corrected chi connectivity index (χ2v) is 5.30. The highest BCUT2D eigenvalue weighted by molar-refractivity contribution is 6.61. The van der Waals surface area contributed by atoms with Crippen molar-refractivity contribution in [2.45, 2.75) is 38.9 Å². The Bertz CT molecular complexity index is 526. The van der Waals surface area contributed by atoms with Crippen molar-refractivity contribution in [3.05, 3.63) is 23.1 Å². The molecule has 0 aromatic carbocycles. The van der Waals surface area contributed by atoms with E-state index >= 15 is 0 Å². The van der Waals surface area contributed by atoms with Crippen molar-refractivity contribution in [2.24, 2.45) is 0 Å². The summed E-state index contributed by atoms with van der Waals surface area (Å²) < 4.78 is 40.1. The molecule has 1 aliphatic heterocycles. The van der Waals surface area contributed by atoms with E-state index in [0.717, 1.165) is 0 Å². The smallest absolute Gasteiger partial charge is 0.398 e. The van der Waals surface area contributed by atoms with Crippen molar-refractivity contribution in [3.63, 3.8) is 0 Å². The fourth-order valence-electron chi connectivity index (χ4n) is 1.46. The van der Waals surface area contributed by atoms with E-state index in [1.807, 2.05) is 27.7 Å². The van der Waals surface area contributed by atoms with E-state index in [0.29, 0.717) is 0 Å². The molecule has 0 atom stereocenters. The summed E-state index contributed by atoms with van der Waals surface area (Å²) in [6, 6.07) is -1.11. The molecule has 17 heavy (non-hydrogen) atoms. The van der Waals surface area contributed by atoms with Crippen LogP contribution in [0.4, 0.5) is 4.39 Å². The Morgan fingerprint density at radius 2 is 1.82 bits per heavy atom. The van der Waals surface area contributed by atoms with Gasteiger partial charge in [-0.1, -0.05) is 11.6 Å². The van der Waals surface area contributed by atoms with Crippen LogP contribution in [-0.2, 0) is 9.31 Å². The SMILES string of the molecule is [2H]c1c(Cl)nc(B2OC(C)(C)C(C)(C)O2)c([2H])c1F. The van der Waals surface area contributed by atoms with E-state index in [1.165, 1.54) is 0 Å². The van der Waals surface area contributed by atoms with Gasteiger partial charge in [0.2, 0.25) is 0 Å². The number of halogens is 2. The lowest BCUT2D eigenvalue weighted by molar-refractivity contribution is 0.00578. The maximum absolute atomic E-state index is 13.7. The van der Waals surface area contributed by atoms with Crippen LogP contribution in [0.5, 0.6) is 0 Å². The van der Waals surface area contributed by atoms with Crippen molar-refractivity contribution in [2.75, 3.05) is 0 Å². The van der Waals surface area contributed by atoms with E-state index in [9.17, 15) is 4.39 Å². The minimum absolute atomic E-state index is 0.0443. The molecular weight excluding hydrogens is 243 g/mol. The fourth-order valence-corrected chi connectivity index (χ4v) is 1.64. The van der Waals surface area contributed by atoms with Crippen LogP contribution in [0.15, 0.2) is 12.1 Å². The van der Waals surface area contributed by atoms with E-state index in [4.69, 9.17) is 23.7 Å². The quantitative estimate of drug-likeness (QED) is 0.572. The predicted octanol–water partition coefficient (Wildman–Crippen LogP) is 2.17. The molecule has 0 spiro atoms. The van der Waals surface area contributed by atoms with E-state index < -0.39 is 36.2 Å². The molecule has 1 aromatic heterocycles. The van der Waals surface area contributed by atoms with Crippen molar-refractivity contribution < 1.29 is 16.4 Å². The molecule has 0 aliphatic carbocycles. The third-order valence-electron chi connectivity index (χ3n) is 3.15. The highest BCUT2D eigenvalue weighted by atomic mass is 35.5. The molecule has 6 heteroatoms. The molecule has 0 bridgehead atoms. The highest BCUT2D eigenvalue weighted by Gasteiger charge is 2.52. The number of nitrogens with zero attached hydrogens (tertiary/aromatic N) is 1. The molecule has 0 amide bonds. The minimum atomic E-state index is -1.02. The maximum Gasteiger partial charge on any atom is 0.514 e. The van der Waals surface area contributed by atoms with Crippen LogP contribution >= 0.6 is 11.6 Å². The van der Waals surface area contributed by atoms with Crippen LogP contribution in [0, 0.1) is 5.82 Å². The Morgan fingerprint density at radius 1 is 1.29 bits per heavy atom. The minimum Gasteiger partial charge on any atom is -0.398 e.